The monoisotopic (exact) mass is 304 g/mol. The molecule has 3 aromatic rings. The van der Waals surface area contributed by atoms with Gasteiger partial charge in [0.15, 0.2) is 10.0 Å². The number of aryl methyl sites for hydroxylation is 1. The van der Waals surface area contributed by atoms with E-state index in [1.165, 1.54) is 23.3 Å². The summed E-state index contributed by atoms with van der Waals surface area (Å²) in [5.41, 5.74) is 0.586. The molecule has 20 heavy (non-hydrogen) atoms. The van der Waals surface area contributed by atoms with Crippen molar-refractivity contribution in [3.05, 3.63) is 35.8 Å². The zero-order valence-electron chi connectivity index (χ0n) is 10.3. The summed E-state index contributed by atoms with van der Waals surface area (Å²) < 4.78 is 4.78. The first kappa shape index (κ1) is 12.9. The van der Waals surface area contributed by atoms with Gasteiger partial charge in [-0.3, -0.25) is 0 Å². The molecule has 3 rings (SSSR count). The molecule has 6 nitrogen and oxygen atoms in total. The molecule has 0 fully saturated rings. The Morgan fingerprint density at radius 1 is 1.30 bits per heavy atom. The van der Waals surface area contributed by atoms with Gasteiger partial charge in [-0.05, 0) is 24.5 Å². The summed E-state index contributed by atoms with van der Waals surface area (Å²) in [4.78, 5) is 16.1. The van der Waals surface area contributed by atoms with Crippen molar-refractivity contribution >= 4 is 40.2 Å². The zero-order valence-corrected chi connectivity index (χ0v) is 11.9. The standard InChI is InChI=1S/C12H8N4O2S2/c1-6-13-12(20-16-6)19-10-7-4-2-3-5-8(7)14-15-9(10)11(17)18/h2-5H,1H3,(H,17,18). The molecule has 0 unspecified atom stereocenters. The summed E-state index contributed by atoms with van der Waals surface area (Å²) in [6, 6.07) is 7.29. The number of hydrogen-bond donors (Lipinski definition) is 1. The molecule has 0 atom stereocenters. The van der Waals surface area contributed by atoms with E-state index in [0.29, 0.717) is 20.6 Å². The van der Waals surface area contributed by atoms with Crippen LogP contribution in [-0.2, 0) is 0 Å². The smallest absolute Gasteiger partial charge is 0.357 e. The van der Waals surface area contributed by atoms with Gasteiger partial charge in [-0.1, -0.05) is 30.0 Å². The number of carboxylic acid groups (broad SMARTS) is 1. The van der Waals surface area contributed by atoms with Gasteiger partial charge in [0.25, 0.3) is 0 Å². The van der Waals surface area contributed by atoms with Gasteiger partial charge in [-0.15, -0.1) is 10.2 Å². The lowest BCUT2D eigenvalue weighted by atomic mass is 10.2. The summed E-state index contributed by atoms with van der Waals surface area (Å²) in [6.45, 7) is 1.79. The molecular formula is C12H8N4O2S2. The minimum absolute atomic E-state index is 0.0680. The van der Waals surface area contributed by atoms with E-state index in [-0.39, 0.29) is 5.69 Å². The highest BCUT2D eigenvalue weighted by Gasteiger charge is 2.19. The molecule has 1 aromatic carbocycles. The van der Waals surface area contributed by atoms with E-state index in [2.05, 4.69) is 19.6 Å². The zero-order chi connectivity index (χ0) is 14.1. The SMILES string of the molecule is Cc1nsc(Sc2c(C(=O)O)nnc3ccccc23)n1. The molecule has 2 aromatic heterocycles. The molecular weight excluding hydrogens is 296 g/mol. The molecule has 0 aliphatic heterocycles. The highest BCUT2D eigenvalue weighted by atomic mass is 32.2. The third-order valence-corrected chi connectivity index (χ3v) is 4.48. The van der Waals surface area contributed by atoms with Crippen LogP contribution < -0.4 is 0 Å². The van der Waals surface area contributed by atoms with Crippen LogP contribution in [0, 0.1) is 6.92 Å². The molecule has 0 amide bonds. The molecule has 0 spiro atoms. The van der Waals surface area contributed by atoms with E-state index < -0.39 is 5.97 Å². The van der Waals surface area contributed by atoms with Gasteiger partial charge in [0.2, 0.25) is 0 Å². The Morgan fingerprint density at radius 2 is 2.10 bits per heavy atom. The lowest BCUT2D eigenvalue weighted by Gasteiger charge is -2.05. The third kappa shape index (κ3) is 2.35. The van der Waals surface area contributed by atoms with Gasteiger partial charge >= 0.3 is 5.97 Å². The van der Waals surface area contributed by atoms with Crippen molar-refractivity contribution in [3.63, 3.8) is 0 Å². The largest absolute Gasteiger partial charge is 0.476 e. The number of aromatic nitrogens is 4. The summed E-state index contributed by atoms with van der Waals surface area (Å²) >= 11 is 2.49. The van der Waals surface area contributed by atoms with Gasteiger partial charge in [-0.2, -0.15) is 4.37 Å². The predicted molar refractivity (Wildman–Crippen MR) is 75.3 cm³/mol. The van der Waals surface area contributed by atoms with E-state index in [4.69, 9.17) is 0 Å². The van der Waals surface area contributed by atoms with Crippen LogP contribution >= 0.6 is 23.3 Å². The number of carboxylic acids is 1. The third-order valence-electron chi connectivity index (χ3n) is 2.52. The maximum atomic E-state index is 11.3. The van der Waals surface area contributed by atoms with Crippen molar-refractivity contribution in [2.45, 2.75) is 16.2 Å². The average molecular weight is 304 g/mol. The Hall–Kier alpha value is -2.06. The molecule has 0 radical (unpaired) electrons. The number of fused-ring (bicyclic) bond motifs is 1. The lowest BCUT2D eigenvalue weighted by Crippen LogP contribution is -2.05. The molecule has 0 aliphatic carbocycles. The van der Waals surface area contributed by atoms with Crippen LogP contribution in [0.1, 0.15) is 16.3 Å². The first-order valence-electron chi connectivity index (χ1n) is 5.62. The number of nitrogens with zero attached hydrogens (tertiary/aromatic N) is 4. The van der Waals surface area contributed by atoms with Crippen LogP contribution in [-0.4, -0.2) is 30.6 Å². The Morgan fingerprint density at radius 3 is 2.80 bits per heavy atom. The number of benzene rings is 1. The van der Waals surface area contributed by atoms with Crippen molar-refractivity contribution in [3.8, 4) is 0 Å². The van der Waals surface area contributed by atoms with Crippen LogP contribution in [0.4, 0.5) is 0 Å². The number of hydrogen-bond acceptors (Lipinski definition) is 7. The maximum absolute atomic E-state index is 11.3. The topological polar surface area (TPSA) is 88.9 Å². The molecule has 100 valence electrons. The number of carbonyl (C=O) groups is 1. The highest BCUT2D eigenvalue weighted by Crippen LogP contribution is 2.35. The molecule has 1 N–H and O–H groups in total. The molecule has 0 saturated carbocycles. The normalized spacial score (nSPS) is 10.8. The van der Waals surface area contributed by atoms with Gasteiger partial charge in [0, 0.05) is 5.39 Å². The van der Waals surface area contributed by atoms with Crippen LogP contribution in [0.25, 0.3) is 10.9 Å². The summed E-state index contributed by atoms with van der Waals surface area (Å²) in [6.07, 6.45) is 0. The van der Waals surface area contributed by atoms with E-state index in [0.717, 1.165) is 5.39 Å². The van der Waals surface area contributed by atoms with Crippen molar-refractivity contribution in [1.29, 1.82) is 0 Å². The predicted octanol–water partition coefficient (Wildman–Crippen LogP) is 2.64. The van der Waals surface area contributed by atoms with Crippen LogP contribution in [0.3, 0.4) is 0 Å². The minimum atomic E-state index is -1.10. The Labute approximate surface area is 122 Å². The number of aromatic carboxylic acids is 1. The first-order valence-corrected chi connectivity index (χ1v) is 7.21. The number of rotatable bonds is 3. The second-order valence-corrected chi connectivity index (χ2v) is 5.92. The summed E-state index contributed by atoms with van der Waals surface area (Å²) in [5.74, 6) is -0.437. The highest BCUT2D eigenvalue weighted by molar-refractivity contribution is 8.01. The fourth-order valence-corrected chi connectivity index (χ4v) is 3.47. The average Bonchev–Trinajstić information content (AvgIpc) is 2.84. The fraction of sp³-hybridized carbons (Fsp3) is 0.0833. The van der Waals surface area contributed by atoms with E-state index in [9.17, 15) is 9.90 Å². The first-order chi connectivity index (χ1) is 9.65. The van der Waals surface area contributed by atoms with Gasteiger partial charge < -0.3 is 5.11 Å². The van der Waals surface area contributed by atoms with Crippen molar-refractivity contribution in [2.75, 3.05) is 0 Å². The van der Waals surface area contributed by atoms with Crippen LogP contribution in [0.5, 0.6) is 0 Å². The van der Waals surface area contributed by atoms with Gasteiger partial charge in [-0.25, -0.2) is 9.78 Å². The van der Waals surface area contributed by atoms with E-state index in [1.807, 2.05) is 18.2 Å². The Kier molecular flexibility index (Phi) is 3.33. The Balaban J connectivity index is 2.19. The summed E-state index contributed by atoms with van der Waals surface area (Å²) in [5, 5.41) is 17.7. The van der Waals surface area contributed by atoms with Crippen LogP contribution in [0.2, 0.25) is 0 Å². The molecule has 0 aliphatic rings. The molecule has 0 bridgehead atoms. The Bertz CT molecular complexity index is 803. The quantitative estimate of drug-likeness (QED) is 0.795. The fourth-order valence-electron chi connectivity index (χ4n) is 1.68. The van der Waals surface area contributed by atoms with Crippen molar-refractivity contribution in [1.82, 2.24) is 19.6 Å². The maximum Gasteiger partial charge on any atom is 0.357 e. The second kappa shape index (κ2) is 5.14. The van der Waals surface area contributed by atoms with Gasteiger partial charge in [0.05, 0.1) is 10.4 Å². The van der Waals surface area contributed by atoms with Crippen LogP contribution in [0.15, 0.2) is 33.5 Å². The van der Waals surface area contributed by atoms with Gasteiger partial charge in [0.1, 0.15) is 5.82 Å². The van der Waals surface area contributed by atoms with E-state index in [1.54, 1.807) is 13.0 Å². The minimum Gasteiger partial charge on any atom is -0.476 e. The van der Waals surface area contributed by atoms with Crippen molar-refractivity contribution in [2.24, 2.45) is 0 Å². The second-order valence-electron chi connectivity index (χ2n) is 3.91. The summed E-state index contributed by atoms with van der Waals surface area (Å²) in [7, 11) is 0. The van der Waals surface area contributed by atoms with Crippen molar-refractivity contribution < 1.29 is 9.90 Å². The molecule has 8 heteroatoms. The molecule has 2 heterocycles. The van der Waals surface area contributed by atoms with E-state index >= 15 is 0 Å². The molecule has 0 saturated heterocycles. The lowest BCUT2D eigenvalue weighted by molar-refractivity contribution is 0.0685.